The average molecular weight is 229 g/mol. The molecule has 0 aromatic carbocycles. The van der Waals surface area contributed by atoms with Crippen LogP contribution in [0.5, 0.6) is 0 Å². The maximum absolute atomic E-state index is 11.9. The van der Waals surface area contributed by atoms with E-state index in [9.17, 15) is 4.79 Å². The molecule has 0 saturated carbocycles. The summed E-state index contributed by atoms with van der Waals surface area (Å²) in [7, 11) is 1.82. The van der Waals surface area contributed by atoms with E-state index < -0.39 is 0 Å². The van der Waals surface area contributed by atoms with Gasteiger partial charge in [-0.1, -0.05) is 6.07 Å². The van der Waals surface area contributed by atoms with Crippen LogP contribution in [0.2, 0.25) is 0 Å². The number of amides is 2. The molecule has 0 spiro atoms. The SMILES string of the molecule is Cn1ccc(N2Cc3cccnc3NC2=O)n1. The lowest BCUT2D eigenvalue weighted by Gasteiger charge is -2.26. The third-order valence-electron chi connectivity index (χ3n) is 2.67. The summed E-state index contributed by atoms with van der Waals surface area (Å²) in [6.07, 6.45) is 3.47. The normalized spacial score (nSPS) is 14.4. The molecule has 0 saturated heterocycles. The fraction of sp³-hybridized carbons (Fsp3) is 0.182. The quantitative estimate of drug-likeness (QED) is 0.803. The predicted octanol–water partition coefficient (Wildman–Crippen LogP) is 1.37. The zero-order valence-electron chi connectivity index (χ0n) is 9.29. The van der Waals surface area contributed by atoms with Crippen LogP contribution in [0, 0.1) is 0 Å². The number of urea groups is 1. The molecule has 2 aromatic rings. The summed E-state index contributed by atoms with van der Waals surface area (Å²) in [4.78, 5) is 17.6. The molecule has 17 heavy (non-hydrogen) atoms. The van der Waals surface area contributed by atoms with Gasteiger partial charge in [0.05, 0.1) is 6.54 Å². The van der Waals surface area contributed by atoms with Gasteiger partial charge < -0.3 is 0 Å². The number of nitrogens with one attached hydrogen (secondary N) is 1. The van der Waals surface area contributed by atoms with Gasteiger partial charge >= 0.3 is 6.03 Å². The number of anilines is 2. The van der Waals surface area contributed by atoms with Crippen molar-refractivity contribution in [3.8, 4) is 0 Å². The maximum atomic E-state index is 11.9. The van der Waals surface area contributed by atoms with Gasteiger partial charge in [0.2, 0.25) is 0 Å². The van der Waals surface area contributed by atoms with Crippen LogP contribution in [0.3, 0.4) is 0 Å². The number of carbonyl (C=O) groups is 1. The summed E-state index contributed by atoms with van der Waals surface area (Å²) >= 11 is 0. The molecule has 6 heteroatoms. The van der Waals surface area contributed by atoms with Crippen molar-refractivity contribution in [1.29, 1.82) is 0 Å². The van der Waals surface area contributed by atoms with Gasteiger partial charge in [-0.2, -0.15) is 5.10 Å². The summed E-state index contributed by atoms with van der Waals surface area (Å²) < 4.78 is 1.67. The van der Waals surface area contributed by atoms with Gasteiger partial charge in [-0.25, -0.2) is 9.78 Å². The Bertz CT molecular complexity index is 577. The van der Waals surface area contributed by atoms with E-state index in [0.717, 1.165) is 5.56 Å². The Labute approximate surface area is 97.9 Å². The van der Waals surface area contributed by atoms with Crippen LogP contribution in [-0.2, 0) is 13.6 Å². The molecule has 3 heterocycles. The van der Waals surface area contributed by atoms with Crippen molar-refractivity contribution >= 4 is 17.7 Å². The number of fused-ring (bicyclic) bond motifs is 1. The fourth-order valence-electron chi connectivity index (χ4n) is 1.82. The largest absolute Gasteiger partial charge is 0.329 e. The predicted molar refractivity (Wildman–Crippen MR) is 62.6 cm³/mol. The second kappa shape index (κ2) is 3.58. The van der Waals surface area contributed by atoms with Crippen LogP contribution in [0.1, 0.15) is 5.56 Å². The number of aryl methyl sites for hydroxylation is 1. The first-order valence-electron chi connectivity index (χ1n) is 5.26. The van der Waals surface area contributed by atoms with Gasteiger partial charge in [-0.15, -0.1) is 0 Å². The molecule has 2 aromatic heterocycles. The highest BCUT2D eigenvalue weighted by molar-refractivity contribution is 6.02. The number of hydrogen-bond acceptors (Lipinski definition) is 3. The minimum absolute atomic E-state index is 0.199. The van der Waals surface area contributed by atoms with Crippen LogP contribution in [-0.4, -0.2) is 20.8 Å². The molecule has 0 unspecified atom stereocenters. The van der Waals surface area contributed by atoms with Crippen molar-refractivity contribution < 1.29 is 4.79 Å². The Morgan fingerprint density at radius 3 is 3.06 bits per heavy atom. The van der Waals surface area contributed by atoms with Crippen molar-refractivity contribution in [2.24, 2.45) is 7.05 Å². The number of rotatable bonds is 1. The van der Waals surface area contributed by atoms with Gasteiger partial charge in [0.15, 0.2) is 5.82 Å². The highest BCUT2D eigenvalue weighted by atomic mass is 16.2. The van der Waals surface area contributed by atoms with Crippen LogP contribution >= 0.6 is 0 Å². The maximum Gasteiger partial charge on any atom is 0.329 e. The van der Waals surface area contributed by atoms with Gasteiger partial charge in [-0.3, -0.25) is 14.9 Å². The Balaban J connectivity index is 1.97. The van der Waals surface area contributed by atoms with Gasteiger partial charge in [-0.05, 0) is 6.07 Å². The Hall–Kier alpha value is -2.37. The second-order valence-corrected chi connectivity index (χ2v) is 3.88. The molecule has 0 radical (unpaired) electrons. The van der Waals surface area contributed by atoms with E-state index in [4.69, 9.17) is 0 Å². The molecule has 2 amide bonds. The lowest BCUT2D eigenvalue weighted by atomic mass is 10.2. The van der Waals surface area contributed by atoms with Crippen LogP contribution in [0.25, 0.3) is 0 Å². The third kappa shape index (κ3) is 1.63. The first-order chi connectivity index (χ1) is 8.24. The lowest BCUT2D eigenvalue weighted by Crippen LogP contribution is -2.39. The van der Waals surface area contributed by atoms with Crippen molar-refractivity contribution in [2.45, 2.75) is 6.54 Å². The van der Waals surface area contributed by atoms with Gasteiger partial charge in [0.1, 0.15) is 5.82 Å². The first kappa shape index (κ1) is 9.83. The Morgan fingerprint density at radius 1 is 1.41 bits per heavy atom. The van der Waals surface area contributed by atoms with Gasteiger partial charge in [0, 0.05) is 31.1 Å². The van der Waals surface area contributed by atoms with E-state index >= 15 is 0 Å². The number of nitrogens with zero attached hydrogens (tertiary/aromatic N) is 4. The van der Waals surface area contributed by atoms with Gasteiger partial charge in [0.25, 0.3) is 0 Å². The summed E-state index contributed by atoms with van der Waals surface area (Å²) in [6, 6.07) is 5.40. The summed E-state index contributed by atoms with van der Waals surface area (Å²) in [5, 5.41) is 6.96. The van der Waals surface area contributed by atoms with Crippen molar-refractivity contribution in [3.63, 3.8) is 0 Å². The molecule has 1 aliphatic rings. The average Bonchev–Trinajstić information content (AvgIpc) is 2.75. The molecule has 0 bridgehead atoms. The molecular formula is C11H11N5O. The Kier molecular flexibility index (Phi) is 2.07. The van der Waals surface area contributed by atoms with E-state index in [0.29, 0.717) is 18.2 Å². The van der Waals surface area contributed by atoms with Crippen LogP contribution < -0.4 is 10.2 Å². The second-order valence-electron chi connectivity index (χ2n) is 3.88. The monoisotopic (exact) mass is 229 g/mol. The van der Waals surface area contributed by atoms with Crippen molar-refractivity contribution in [1.82, 2.24) is 14.8 Å². The summed E-state index contributed by atoms with van der Waals surface area (Å²) in [6.45, 7) is 0.492. The smallest absolute Gasteiger partial charge is 0.292 e. The minimum atomic E-state index is -0.199. The molecule has 1 N–H and O–H groups in total. The molecule has 1 aliphatic heterocycles. The Morgan fingerprint density at radius 2 is 2.29 bits per heavy atom. The van der Waals surface area contributed by atoms with Crippen LogP contribution in [0.4, 0.5) is 16.4 Å². The van der Waals surface area contributed by atoms with Crippen LogP contribution in [0.15, 0.2) is 30.6 Å². The summed E-state index contributed by atoms with van der Waals surface area (Å²) in [5.41, 5.74) is 0.984. The minimum Gasteiger partial charge on any atom is -0.292 e. The van der Waals surface area contributed by atoms with E-state index in [1.807, 2.05) is 19.2 Å². The molecule has 6 nitrogen and oxygen atoms in total. The number of carbonyl (C=O) groups excluding carboxylic acids is 1. The third-order valence-corrected chi connectivity index (χ3v) is 2.67. The molecule has 0 atom stereocenters. The highest BCUT2D eigenvalue weighted by Crippen LogP contribution is 2.24. The number of aromatic nitrogens is 3. The standard InChI is InChI=1S/C11H11N5O/c1-15-6-4-9(14-15)16-7-8-3-2-5-12-10(8)13-11(16)17/h2-6H,7H2,1H3,(H,12,13,17). The van der Waals surface area contributed by atoms with Crippen molar-refractivity contribution in [3.05, 3.63) is 36.2 Å². The zero-order valence-corrected chi connectivity index (χ0v) is 9.29. The van der Waals surface area contributed by atoms with E-state index in [1.54, 1.807) is 28.0 Å². The molecule has 0 aliphatic carbocycles. The fourth-order valence-corrected chi connectivity index (χ4v) is 1.82. The number of hydrogen-bond donors (Lipinski definition) is 1. The first-order valence-corrected chi connectivity index (χ1v) is 5.26. The topological polar surface area (TPSA) is 63.1 Å². The lowest BCUT2D eigenvalue weighted by molar-refractivity contribution is 0.255. The summed E-state index contributed by atoms with van der Waals surface area (Å²) in [5.74, 6) is 1.27. The highest BCUT2D eigenvalue weighted by Gasteiger charge is 2.25. The molecular weight excluding hydrogens is 218 g/mol. The molecule has 0 fully saturated rings. The molecule has 3 rings (SSSR count). The zero-order chi connectivity index (χ0) is 11.8. The number of pyridine rings is 1. The van der Waals surface area contributed by atoms with E-state index in [-0.39, 0.29) is 6.03 Å². The van der Waals surface area contributed by atoms with E-state index in [2.05, 4.69) is 15.4 Å². The molecule has 86 valence electrons. The van der Waals surface area contributed by atoms with Crippen molar-refractivity contribution in [2.75, 3.05) is 10.2 Å². The van der Waals surface area contributed by atoms with E-state index in [1.165, 1.54) is 0 Å².